The van der Waals surface area contributed by atoms with Crippen LogP contribution >= 0.6 is 0 Å². The maximum Gasteiger partial charge on any atom is 0.329 e. The number of fused-ring (bicyclic) bond motifs is 1. The van der Waals surface area contributed by atoms with Crippen LogP contribution < -0.4 is 0 Å². The zero-order chi connectivity index (χ0) is 13.3. The van der Waals surface area contributed by atoms with Crippen molar-refractivity contribution < 1.29 is 9.53 Å². The Morgan fingerprint density at radius 2 is 1.94 bits per heavy atom. The molecule has 4 nitrogen and oxygen atoms in total. The second kappa shape index (κ2) is 4.80. The highest BCUT2D eigenvalue weighted by Gasteiger charge is 2.21. The fourth-order valence-corrected chi connectivity index (χ4v) is 2.09. The number of imidazole rings is 1. The van der Waals surface area contributed by atoms with E-state index < -0.39 is 0 Å². The minimum absolute atomic E-state index is 0.102. The number of hydrogen-bond donors (Lipinski definition) is 0. The molecule has 96 valence electrons. The Hall–Kier alpha value is -1.84. The summed E-state index contributed by atoms with van der Waals surface area (Å²) in [6.45, 7) is 7.44. The van der Waals surface area contributed by atoms with Gasteiger partial charge in [0.1, 0.15) is 11.9 Å². The van der Waals surface area contributed by atoms with Crippen LogP contribution in [0.3, 0.4) is 0 Å². The number of aryl methyl sites for hydroxylation is 1. The number of para-hydroxylation sites is 2. The van der Waals surface area contributed by atoms with Gasteiger partial charge in [-0.1, -0.05) is 12.1 Å². The number of rotatable bonds is 3. The monoisotopic (exact) mass is 246 g/mol. The first-order valence-corrected chi connectivity index (χ1v) is 6.14. The van der Waals surface area contributed by atoms with Crippen molar-refractivity contribution in [2.45, 2.75) is 39.8 Å². The summed E-state index contributed by atoms with van der Waals surface area (Å²) >= 11 is 0. The van der Waals surface area contributed by atoms with E-state index in [1.165, 1.54) is 0 Å². The number of ether oxygens (including phenoxy) is 1. The first-order valence-electron chi connectivity index (χ1n) is 6.14. The van der Waals surface area contributed by atoms with Gasteiger partial charge in [-0.2, -0.15) is 0 Å². The van der Waals surface area contributed by atoms with E-state index >= 15 is 0 Å². The average Bonchev–Trinajstić information content (AvgIpc) is 2.63. The number of esters is 1. The van der Waals surface area contributed by atoms with E-state index in [9.17, 15) is 4.79 Å². The number of carbonyl (C=O) groups is 1. The molecule has 0 radical (unpaired) electrons. The normalized spacial score (nSPS) is 12.9. The molecule has 0 saturated heterocycles. The molecule has 0 bridgehead atoms. The first kappa shape index (κ1) is 12.6. The maximum absolute atomic E-state index is 12.0. The van der Waals surface area contributed by atoms with E-state index in [0.717, 1.165) is 16.9 Å². The van der Waals surface area contributed by atoms with E-state index in [1.54, 1.807) is 0 Å². The summed E-state index contributed by atoms with van der Waals surface area (Å²) in [6.07, 6.45) is -0.102. The lowest BCUT2D eigenvalue weighted by atomic mass is 10.2. The lowest BCUT2D eigenvalue weighted by Gasteiger charge is -2.17. The van der Waals surface area contributed by atoms with Gasteiger partial charge >= 0.3 is 5.97 Å². The van der Waals surface area contributed by atoms with Crippen LogP contribution in [0.1, 0.15) is 32.6 Å². The van der Waals surface area contributed by atoms with Crippen molar-refractivity contribution in [1.82, 2.24) is 9.55 Å². The van der Waals surface area contributed by atoms with Gasteiger partial charge in [-0.05, 0) is 39.8 Å². The second-order valence-corrected chi connectivity index (χ2v) is 4.68. The van der Waals surface area contributed by atoms with Crippen molar-refractivity contribution in [3.63, 3.8) is 0 Å². The predicted molar refractivity (Wildman–Crippen MR) is 70.4 cm³/mol. The average molecular weight is 246 g/mol. The Balaban J connectivity index is 2.41. The zero-order valence-corrected chi connectivity index (χ0v) is 11.2. The molecule has 0 saturated carbocycles. The van der Waals surface area contributed by atoms with Gasteiger partial charge in [0.25, 0.3) is 0 Å². The minimum atomic E-state index is -0.361. The zero-order valence-electron chi connectivity index (χ0n) is 11.2. The largest absolute Gasteiger partial charge is 0.461 e. The lowest BCUT2D eigenvalue weighted by molar-refractivity contribution is -0.150. The molecule has 1 atom stereocenters. The Morgan fingerprint density at radius 3 is 2.61 bits per heavy atom. The summed E-state index contributed by atoms with van der Waals surface area (Å²) in [6, 6.07) is 7.43. The number of carbonyl (C=O) groups excluding carboxylic acids is 1. The Kier molecular flexibility index (Phi) is 3.36. The number of hydrogen-bond acceptors (Lipinski definition) is 3. The van der Waals surface area contributed by atoms with Crippen LogP contribution in [0.4, 0.5) is 0 Å². The van der Waals surface area contributed by atoms with Crippen molar-refractivity contribution in [2.75, 3.05) is 0 Å². The second-order valence-electron chi connectivity index (χ2n) is 4.68. The summed E-state index contributed by atoms with van der Waals surface area (Å²) in [4.78, 5) is 16.4. The smallest absolute Gasteiger partial charge is 0.329 e. The number of nitrogens with zero attached hydrogens (tertiary/aromatic N) is 2. The molecule has 0 spiro atoms. The lowest BCUT2D eigenvalue weighted by Crippen LogP contribution is -2.22. The van der Waals surface area contributed by atoms with E-state index in [4.69, 9.17) is 4.74 Å². The highest BCUT2D eigenvalue weighted by Crippen LogP contribution is 2.21. The van der Waals surface area contributed by atoms with Gasteiger partial charge in [0.15, 0.2) is 0 Å². The molecule has 2 rings (SSSR count). The molecule has 0 aliphatic rings. The van der Waals surface area contributed by atoms with E-state index in [-0.39, 0.29) is 18.1 Å². The van der Waals surface area contributed by atoms with Crippen molar-refractivity contribution in [3.8, 4) is 0 Å². The van der Waals surface area contributed by atoms with Gasteiger partial charge in [-0.25, -0.2) is 9.78 Å². The SMILES string of the molecule is Cc1nc2ccccc2n1[C@H](C)C(=O)OC(C)C. The van der Waals surface area contributed by atoms with E-state index in [1.807, 2.05) is 56.5 Å². The van der Waals surface area contributed by atoms with Crippen molar-refractivity contribution in [2.24, 2.45) is 0 Å². The maximum atomic E-state index is 12.0. The third-order valence-electron chi connectivity index (χ3n) is 2.85. The molecule has 1 heterocycles. The molecule has 2 aromatic rings. The van der Waals surface area contributed by atoms with Crippen LogP contribution in [0, 0.1) is 6.92 Å². The quantitative estimate of drug-likeness (QED) is 0.782. The highest BCUT2D eigenvalue weighted by molar-refractivity contribution is 5.81. The van der Waals surface area contributed by atoms with Crippen LogP contribution in [-0.4, -0.2) is 21.6 Å². The van der Waals surface area contributed by atoms with E-state index in [0.29, 0.717) is 0 Å². The van der Waals surface area contributed by atoms with Gasteiger partial charge in [-0.3, -0.25) is 0 Å². The van der Waals surface area contributed by atoms with Gasteiger partial charge in [-0.15, -0.1) is 0 Å². The molecule has 0 amide bonds. The Bertz CT molecular complexity index is 572. The van der Waals surface area contributed by atoms with Gasteiger partial charge in [0.05, 0.1) is 17.1 Å². The van der Waals surface area contributed by atoms with Gasteiger partial charge < -0.3 is 9.30 Å². The van der Waals surface area contributed by atoms with Crippen LogP contribution in [0.5, 0.6) is 0 Å². The van der Waals surface area contributed by atoms with Crippen LogP contribution in [0.2, 0.25) is 0 Å². The molecule has 1 aromatic carbocycles. The summed E-state index contributed by atoms with van der Waals surface area (Å²) in [5.74, 6) is 0.598. The molecular weight excluding hydrogens is 228 g/mol. The van der Waals surface area contributed by atoms with Gasteiger partial charge in [0, 0.05) is 0 Å². The topological polar surface area (TPSA) is 44.1 Å². The molecule has 0 aliphatic heterocycles. The fraction of sp³-hybridized carbons (Fsp3) is 0.429. The molecule has 0 aliphatic carbocycles. The van der Waals surface area contributed by atoms with Crippen molar-refractivity contribution in [1.29, 1.82) is 0 Å². The molecule has 1 aromatic heterocycles. The third-order valence-corrected chi connectivity index (χ3v) is 2.85. The predicted octanol–water partition coefficient (Wildman–Crippen LogP) is 2.86. The Morgan fingerprint density at radius 1 is 1.28 bits per heavy atom. The highest BCUT2D eigenvalue weighted by atomic mass is 16.5. The minimum Gasteiger partial charge on any atom is -0.461 e. The number of aromatic nitrogens is 2. The standard InChI is InChI=1S/C14H18N2O2/c1-9(2)18-14(17)10(3)16-11(4)15-12-7-5-6-8-13(12)16/h5-10H,1-4H3/t10-/m1/s1. The summed E-state index contributed by atoms with van der Waals surface area (Å²) in [7, 11) is 0. The third kappa shape index (κ3) is 2.23. The molecule has 4 heteroatoms. The summed E-state index contributed by atoms with van der Waals surface area (Å²) < 4.78 is 7.17. The van der Waals surface area contributed by atoms with Crippen LogP contribution in [0.25, 0.3) is 11.0 Å². The van der Waals surface area contributed by atoms with Crippen LogP contribution in [0.15, 0.2) is 24.3 Å². The molecule has 18 heavy (non-hydrogen) atoms. The Labute approximate surface area is 107 Å². The fourth-order valence-electron chi connectivity index (χ4n) is 2.09. The number of benzene rings is 1. The molecule has 0 unspecified atom stereocenters. The van der Waals surface area contributed by atoms with E-state index in [2.05, 4.69) is 4.98 Å². The summed E-state index contributed by atoms with van der Waals surface area (Å²) in [5.41, 5.74) is 1.86. The van der Waals surface area contributed by atoms with Gasteiger partial charge in [0.2, 0.25) is 0 Å². The molecular formula is C14H18N2O2. The van der Waals surface area contributed by atoms with Crippen LogP contribution in [-0.2, 0) is 9.53 Å². The molecule has 0 N–H and O–H groups in total. The van der Waals surface area contributed by atoms with Crippen molar-refractivity contribution in [3.05, 3.63) is 30.1 Å². The molecule has 0 fully saturated rings. The summed E-state index contributed by atoms with van der Waals surface area (Å²) in [5, 5.41) is 0. The van der Waals surface area contributed by atoms with Crippen molar-refractivity contribution >= 4 is 17.0 Å². The first-order chi connectivity index (χ1) is 8.50.